The van der Waals surface area contributed by atoms with Crippen molar-refractivity contribution in [1.29, 1.82) is 0 Å². The van der Waals surface area contributed by atoms with E-state index in [1.807, 2.05) is 45.7 Å². The van der Waals surface area contributed by atoms with Gasteiger partial charge in [0.15, 0.2) is 10.6 Å². The van der Waals surface area contributed by atoms with Gasteiger partial charge >= 0.3 is 0 Å². The minimum Gasteiger partial charge on any atom is -0.481 e. The molecule has 0 aliphatic carbocycles. The van der Waals surface area contributed by atoms with E-state index < -0.39 is 0 Å². The van der Waals surface area contributed by atoms with E-state index in [4.69, 9.17) is 21.7 Å². The van der Waals surface area contributed by atoms with E-state index in [9.17, 15) is 4.79 Å². The zero-order chi connectivity index (χ0) is 20.1. The summed E-state index contributed by atoms with van der Waals surface area (Å²) in [6.45, 7) is 4.41. The summed E-state index contributed by atoms with van der Waals surface area (Å²) in [6, 6.07) is 13.1. The summed E-state index contributed by atoms with van der Waals surface area (Å²) in [4.78, 5) is 17.2. The van der Waals surface area contributed by atoms with Gasteiger partial charge in [0.05, 0.1) is 32.0 Å². The molecular formula is C21H21N3O3S. The second-order valence-corrected chi connectivity index (χ2v) is 6.39. The van der Waals surface area contributed by atoms with Gasteiger partial charge in [-0.15, -0.1) is 6.58 Å². The zero-order valence-electron chi connectivity index (χ0n) is 15.8. The number of pyridine rings is 1. The molecule has 7 heteroatoms. The molecule has 0 atom stereocenters. The molecule has 3 aromatic rings. The van der Waals surface area contributed by atoms with Crippen LogP contribution in [-0.4, -0.2) is 34.1 Å². The van der Waals surface area contributed by atoms with Crippen molar-refractivity contribution >= 4 is 18.0 Å². The van der Waals surface area contributed by atoms with Gasteiger partial charge in [0.1, 0.15) is 0 Å². The molecule has 0 aliphatic heterocycles. The van der Waals surface area contributed by atoms with Crippen molar-refractivity contribution in [2.45, 2.75) is 13.1 Å². The Morgan fingerprint density at radius 1 is 1.18 bits per heavy atom. The lowest BCUT2D eigenvalue weighted by Crippen LogP contribution is -2.14. The van der Waals surface area contributed by atoms with Gasteiger partial charge < -0.3 is 18.6 Å². The van der Waals surface area contributed by atoms with Crippen LogP contribution in [0.3, 0.4) is 0 Å². The van der Waals surface area contributed by atoms with Crippen molar-refractivity contribution in [3.63, 3.8) is 0 Å². The highest BCUT2D eigenvalue weighted by Crippen LogP contribution is 2.24. The van der Waals surface area contributed by atoms with Gasteiger partial charge in [-0.25, -0.2) is 0 Å². The highest BCUT2D eigenvalue weighted by molar-refractivity contribution is 7.71. The summed E-state index contributed by atoms with van der Waals surface area (Å²) in [5.41, 5.74) is 2.21. The first-order valence-corrected chi connectivity index (χ1v) is 9.08. The van der Waals surface area contributed by atoms with Crippen LogP contribution in [0.4, 0.5) is 0 Å². The third-order valence-corrected chi connectivity index (χ3v) is 4.74. The van der Waals surface area contributed by atoms with E-state index in [1.54, 1.807) is 18.2 Å². The number of carbonyl (C=O) groups excluding carboxylic acids is 1. The van der Waals surface area contributed by atoms with E-state index in [0.29, 0.717) is 22.8 Å². The summed E-state index contributed by atoms with van der Waals surface area (Å²) in [7, 11) is 2.98. The number of allylic oxidation sites excluding steroid dienone is 1. The fourth-order valence-corrected chi connectivity index (χ4v) is 3.22. The SMILES string of the molecule is C=CCn1cc(-c2ccccc2)n(CC(=O)c2ccc(OC)nc2OC)c1=S. The number of nitrogens with zero attached hydrogens (tertiary/aromatic N) is 3. The van der Waals surface area contributed by atoms with Gasteiger partial charge in [-0.05, 0) is 23.8 Å². The first-order valence-electron chi connectivity index (χ1n) is 8.67. The Bertz CT molecular complexity index is 1050. The standard InChI is InChI=1S/C21H21N3O3S/c1-4-12-23-13-17(15-8-6-5-7-9-15)24(21(23)28)14-18(25)16-10-11-19(26-2)22-20(16)27-3/h4-11,13H,1,12,14H2,2-3H3. The Balaban J connectivity index is 2.03. The second kappa shape index (κ2) is 8.67. The van der Waals surface area contributed by atoms with E-state index in [1.165, 1.54) is 14.2 Å². The fraction of sp³-hybridized carbons (Fsp3) is 0.190. The number of ketones is 1. The summed E-state index contributed by atoms with van der Waals surface area (Å²) in [5.74, 6) is 0.450. The molecule has 0 bridgehead atoms. The quantitative estimate of drug-likeness (QED) is 0.326. The largest absolute Gasteiger partial charge is 0.481 e. The molecule has 1 aromatic carbocycles. The number of imidazole rings is 1. The number of rotatable bonds is 8. The van der Waals surface area contributed by atoms with Gasteiger partial charge in [-0.1, -0.05) is 36.4 Å². The molecule has 28 heavy (non-hydrogen) atoms. The van der Waals surface area contributed by atoms with Crippen LogP contribution < -0.4 is 9.47 Å². The summed E-state index contributed by atoms with van der Waals surface area (Å²) in [5, 5.41) is 0. The third-order valence-electron chi connectivity index (χ3n) is 4.28. The predicted octanol–water partition coefficient (Wildman–Crippen LogP) is 4.17. The molecule has 6 nitrogen and oxygen atoms in total. The van der Waals surface area contributed by atoms with Gasteiger partial charge in [-0.2, -0.15) is 4.98 Å². The van der Waals surface area contributed by atoms with Crippen molar-refractivity contribution < 1.29 is 14.3 Å². The molecule has 0 amide bonds. The summed E-state index contributed by atoms with van der Waals surface area (Å²) < 4.78 is 14.6. The Labute approximate surface area is 168 Å². The molecule has 2 aromatic heterocycles. The van der Waals surface area contributed by atoms with Crippen molar-refractivity contribution in [2.75, 3.05) is 14.2 Å². The van der Waals surface area contributed by atoms with Crippen LogP contribution in [-0.2, 0) is 13.1 Å². The highest BCUT2D eigenvalue weighted by Gasteiger charge is 2.19. The minimum atomic E-state index is -0.156. The maximum atomic E-state index is 13.0. The Morgan fingerprint density at radius 2 is 1.93 bits per heavy atom. The maximum absolute atomic E-state index is 13.0. The molecular weight excluding hydrogens is 374 g/mol. The highest BCUT2D eigenvalue weighted by atomic mass is 32.1. The summed E-state index contributed by atoms with van der Waals surface area (Å²) in [6.07, 6.45) is 3.71. The molecule has 3 rings (SSSR count). The number of Topliss-reactive ketones (excluding diaryl/α,β-unsaturated/α-hetero) is 1. The second-order valence-electron chi connectivity index (χ2n) is 6.02. The van der Waals surface area contributed by atoms with E-state index in [-0.39, 0.29) is 18.2 Å². The molecule has 0 radical (unpaired) electrons. The lowest BCUT2D eigenvalue weighted by molar-refractivity contribution is 0.0968. The summed E-state index contributed by atoms with van der Waals surface area (Å²) >= 11 is 5.61. The van der Waals surface area contributed by atoms with Crippen LogP contribution in [0.5, 0.6) is 11.8 Å². The minimum absolute atomic E-state index is 0.0670. The molecule has 0 N–H and O–H groups in total. The number of ether oxygens (including phenoxy) is 2. The molecule has 0 saturated heterocycles. The Morgan fingerprint density at radius 3 is 2.57 bits per heavy atom. The molecule has 0 unspecified atom stereocenters. The third kappa shape index (κ3) is 3.89. The van der Waals surface area contributed by atoms with Crippen LogP contribution in [0.25, 0.3) is 11.3 Å². The van der Waals surface area contributed by atoms with Crippen LogP contribution in [0.2, 0.25) is 0 Å². The van der Waals surface area contributed by atoms with Crippen LogP contribution in [0, 0.1) is 4.77 Å². The number of carbonyl (C=O) groups is 1. The molecule has 0 saturated carbocycles. The zero-order valence-corrected chi connectivity index (χ0v) is 16.6. The normalized spacial score (nSPS) is 10.5. The fourth-order valence-electron chi connectivity index (χ4n) is 2.93. The number of hydrogen-bond acceptors (Lipinski definition) is 5. The first kappa shape index (κ1) is 19.6. The molecule has 0 fully saturated rings. The predicted molar refractivity (Wildman–Crippen MR) is 111 cm³/mol. The lowest BCUT2D eigenvalue weighted by atomic mass is 10.1. The maximum Gasteiger partial charge on any atom is 0.227 e. The van der Waals surface area contributed by atoms with Crippen molar-refractivity contribution in [3.8, 4) is 23.0 Å². The van der Waals surface area contributed by atoms with Crippen LogP contribution in [0.15, 0.2) is 61.3 Å². The number of methoxy groups -OCH3 is 2. The average Bonchev–Trinajstić information content (AvgIpc) is 3.04. The Hall–Kier alpha value is -3.19. The van der Waals surface area contributed by atoms with Gasteiger partial charge in [0.25, 0.3) is 0 Å². The van der Waals surface area contributed by atoms with Crippen molar-refractivity contribution in [1.82, 2.24) is 14.1 Å². The number of hydrogen-bond donors (Lipinski definition) is 0. The van der Waals surface area contributed by atoms with Crippen molar-refractivity contribution in [2.24, 2.45) is 0 Å². The lowest BCUT2D eigenvalue weighted by Gasteiger charge is -2.11. The molecule has 144 valence electrons. The van der Waals surface area contributed by atoms with Gasteiger partial charge in [-0.3, -0.25) is 4.79 Å². The van der Waals surface area contributed by atoms with E-state index in [2.05, 4.69) is 11.6 Å². The van der Waals surface area contributed by atoms with Gasteiger partial charge in [0.2, 0.25) is 11.8 Å². The first-order chi connectivity index (χ1) is 13.6. The van der Waals surface area contributed by atoms with Gasteiger partial charge in [0, 0.05) is 18.8 Å². The Kier molecular flexibility index (Phi) is 6.06. The van der Waals surface area contributed by atoms with E-state index in [0.717, 1.165) is 11.3 Å². The number of benzene rings is 1. The average molecular weight is 395 g/mol. The van der Waals surface area contributed by atoms with E-state index >= 15 is 0 Å². The van der Waals surface area contributed by atoms with Crippen LogP contribution >= 0.6 is 12.2 Å². The monoisotopic (exact) mass is 395 g/mol. The van der Waals surface area contributed by atoms with Crippen LogP contribution in [0.1, 0.15) is 10.4 Å². The number of aromatic nitrogens is 3. The van der Waals surface area contributed by atoms with Crippen molar-refractivity contribution in [3.05, 3.63) is 71.7 Å². The molecule has 0 spiro atoms. The topological polar surface area (TPSA) is 58.3 Å². The smallest absolute Gasteiger partial charge is 0.227 e. The molecule has 0 aliphatic rings. The molecule has 2 heterocycles.